The Morgan fingerprint density at radius 1 is 1.15 bits per heavy atom. The van der Waals surface area contributed by atoms with Crippen LogP contribution in [-0.2, 0) is 9.53 Å². The zero-order valence-electron chi connectivity index (χ0n) is 19.2. The number of carbonyl (C=O) groups is 1. The maximum Gasteiger partial charge on any atom is 0.338 e. The Bertz CT molecular complexity index is 1430. The second-order valence-corrected chi connectivity index (χ2v) is 8.48. The molecule has 0 saturated heterocycles. The van der Waals surface area contributed by atoms with Gasteiger partial charge in [0.25, 0.3) is 5.56 Å². The smallest absolute Gasteiger partial charge is 0.338 e. The zero-order chi connectivity index (χ0) is 24.4. The number of fused-ring (bicyclic) bond motifs is 1. The van der Waals surface area contributed by atoms with Crippen LogP contribution in [0.5, 0.6) is 17.2 Å². The van der Waals surface area contributed by atoms with E-state index in [4.69, 9.17) is 14.2 Å². The highest BCUT2D eigenvalue weighted by Gasteiger charge is 2.33. The van der Waals surface area contributed by atoms with E-state index in [1.54, 1.807) is 18.2 Å². The van der Waals surface area contributed by atoms with Gasteiger partial charge in [0.15, 0.2) is 16.3 Å². The van der Waals surface area contributed by atoms with Gasteiger partial charge in [0, 0.05) is 0 Å². The standard InChI is InChI=1S/C25H24N2O6S/c1-5-16-20(24(30)33-4)21(15-9-7-6-8-10-15)27-23(29)19(34-25(27)26-16)13-14-11-17(31-2)22(28)18(12-14)32-3/h6-13,21,28H,5H2,1-4H3/b19-13-/t21-/m0/s1. The lowest BCUT2D eigenvalue weighted by molar-refractivity contribution is -0.136. The second kappa shape index (κ2) is 9.56. The summed E-state index contributed by atoms with van der Waals surface area (Å²) in [5.41, 5.74) is 2.03. The van der Waals surface area contributed by atoms with E-state index in [1.165, 1.54) is 37.2 Å². The number of aromatic hydroxyl groups is 1. The Balaban J connectivity index is 1.99. The molecule has 1 N–H and O–H groups in total. The van der Waals surface area contributed by atoms with Gasteiger partial charge in [-0.15, -0.1) is 0 Å². The van der Waals surface area contributed by atoms with E-state index in [9.17, 15) is 14.7 Å². The predicted octanol–water partition coefficient (Wildman–Crippen LogP) is 2.52. The van der Waals surface area contributed by atoms with Crippen LogP contribution in [0.15, 0.2) is 63.5 Å². The highest BCUT2D eigenvalue weighted by atomic mass is 32.1. The van der Waals surface area contributed by atoms with Crippen molar-refractivity contribution in [2.45, 2.75) is 19.4 Å². The summed E-state index contributed by atoms with van der Waals surface area (Å²) in [6.45, 7) is 1.91. The van der Waals surface area contributed by atoms with Gasteiger partial charge < -0.3 is 19.3 Å². The average Bonchev–Trinajstić information content (AvgIpc) is 3.18. The Labute approximate surface area is 199 Å². The topological polar surface area (TPSA) is 99.4 Å². The van der Waals surface area contributed by atoms with Crippen molar-refractivity contribution >= 4 is 23.4 Å². The number of allylic oxidation sites excluding steroid dienone is 1. The van der Waals surface area contributed by atoms with Gasteiger partial charge >= 0.3 is 5.97 Å². The molecule has 176 valence electrons. The van der Waals surface area contributed by atoms with Crippen LogP contribution >= 0.6 is 11.3 Å². The molecule has 0 spiro atoms. The minimum absolute atomic E-state index is 0.122. The number of carbonyl (C=O) groups excluding carboxylic acids is 1. The number of ether oxygens (including phenoxy) is 3. The van der Waals surface area contributed by atoms with E-state index >= 15 is 0 Å². The third-order valence-electron chi connectivity index (χ3n) is 5.57. The Morgan fingerprint density at radius 2 is 1.79 bits per heavy atom. The summed E-state index contributed by atoms with van der Waals surface area (Å²) in [6.07, 6.45) is 2.19. The highest BCUT2D eigenvalue weighted by Crippen LogP contribution is 2.37. The molecule has 0 radical (unpaired) electrons. The number of thiazole rings is 1. The van der Waals surface area contributed by atoms with Crippen molar-refractivity contribution in [2.24, 2.45) is 4.99 Å². The normalized spacial score (nSPS) is 15.5. The van der Waals surface area contributed by atoms with Crippen LogP contribution in [0.25, 0.3) is 6.08 Å². The van der Waals surface area contributed by atoms with E-state index in [0.717, 1.165) is 5.56 Å². The number of rotatable bonds is 6. The van der Waals surface area contributed by atoms with Crippen molar-refractivity contribution < 1.29 is 24.1 Å². The molecule has 1 aromatic heterocycles. The number of benzene rings is 2. The summed E-state index contributed by atoms with van der Waals surface area (Å²) in [7, 11) is 4.20. The van der Waals surface area contributed by atoms with Gasteiger partial charge in [-0.3, -0.25) is 9.36 Å². The molecule has 3 aromatic rings. The molecule has 2 aromatic carbocycles. The fraction of sp³-hybridized carbons (Fsp3) is 0.240. The molecule has 0 unspecified atom stereocenters. The number of hydrogen-bond donors (Lipinski definition) is 1. The number of methoxy groups -OCH3 is 3. The maximum absolute atomic E-state index is 13.6. The molecular weight excluding hydrogens is 456 g/mol. The number of esters is 1. The summed E-state index contributed by atoms with van der Waals surface area (Å²) >= 11 is 1.22. The first kappa shape index (κ1) is 23.3. The van der Waals surface area contributed by atoms with Crippen LogP contribution in [0, 0.1) is 0 Å². The van der Waals surface area contributed by atoms with E-state index in [0.29, 0.717) is 32.6 Å². The average molecular weight is 481 g/mol. The molecule has 8 nitrogen and oxygen atoms in total. The number of phenols is 1. The maximum atomic E-state index is 13.6. The van der Waals surface area contributed by atoms with Crippen molar-refractivity contribution in [1.82, 2.24) is 4.57 Å². The van der Waals surface area contributed by atoms with E-state index in [1.807, 2.05) is 37.3 Å². The van der Waals surface area contributed by atoms with E-state index in [-0.39, 0.29) is 22.8 Å². The van der Waals surface area contributed by atoms with Gasteiger partial charge in [-0.25, -0.2) is 9.79 Å². The van der Waals surface area contributed by atoms with Crippen molar-refractivity contribution in [1.29, 1.82) is 0 Å². The highest BCUT2D eigenvalue weighted by molar-refractivity contribution is 7.07. The van der Waals surface area contributed by atoms with Crippen molar-refractivity contribution in [3.63, 3.8) is 0 Å². The van der Waals surface area contributed by atoms with Crippen LogP contribution in [0.1, 0.15) is 30.5 Å². The molecule has 1 atom stereocenters. The van der Waals surface area contributed by atoms with Crippen LogP contribution in [-0.4, -0.2) is 37.0 Å². The molecule has 0 saturated carbocycles. The van der Waals surface area contributed by atoms with Gasteiger partial charge in [-0.05, 0) is 35.8 Å². The lowest BCUT2D eigenvalue weighted by Gasteiger charge is -2.25. The van der Waals surface area contributed by atoms with Gasteiger partial charge in [0.05, 0.1) is 43.2 Å². The van der Waals surface area contributed by atoms with Gasteiger partial charge in [0.2, 0.25) is 5.75 Å². The van der Waals surface area contributed by atoms with Crippen LogP contribution in [0.2, 0.25) is 0 Å². The number of hydrogen-bond acceptors (Lipinski definition) is 8. The monoisotopic (exact) mass is 480 g/mol. The molecule has 1 aliphatic rings. The lowest BCUT2D eigenvalue weighted by atomic mass is 9.95. The molecule has 2 heterocycles. The molecule has 1 aliphatic heterocycles. The minimum Gasteiger partial charge on any atom is -0.502 e. The summed E-state index contributed by atoms with van der Waals surface area (Å²) in [6, 6.07) is 11.9. The van der Waals surface area contributed by atoms with Gasteiger partial charge in [-0.2, -0.15) is 0 Å². The van der Waals surface area contributed by atoms with E-state index < -0.39 is 12.0 Å². The van der Waals surface area contributed by atoms with Crippen molar-refractivity contribution in [3.8, 4) is 17.2 Å². The quantitative estimate of drug-likeness (QED) is 0.545. The molecular formula is C25H24N2O6S. The minimum atomic E-state index is -0.661. The second-order valence-electron chi connectivity index (χ2n) is 7.47. The largest absolute Gasteiger partial charge is 0.502 e. The lowest BCUT2D eigenvalue weighted by Crippen LogP contribution is -2.40. The zero-order valence-corrected chi connectivity index (χ0v) is 20.0. The van der Waals surface area contributed by atoms with Crippen LogP contribution in [0.4, 0.5) is 0 Å². The fourth-order valence-electron chi connectivity index (χ4n) is 3.96. The Hall–Kier alpha value is -3.85. The van der Waals surface area contributed by atoms with Gasteiger partial charge in [-0.1, -0.05) is 48.6 Å². The SMILES string of the molecule is CCC1=C(C(=O)OC)[C@H](c2ccccc2)n2c(s/c(=C\c3cc(OC)c(O)c(OC)c3)c2=O)=N1. The number of nitrogens with zero attached hydrogens (tertiary/aromatic N) is 2. The molecule has 34 heavy (non-hydrogen) atoms. The number of aromatic nitrogens is 1. The third-order valence-corrected chi connectivity index (χ3v) is 6.55. The molecule has 4 rings (SSSR count). The van der Waals surface area contributed by atoms with Gasteiger partial charge in [0.1, 0.15) is 0 Å². The summed E-state index contributed by atoms with van der Waals surface area (Å²) in [5.74, 6) is -0.191. The van der Waals surface area contributed by atoms with Crippen LogP contribution in [0.3, 0.4) is 0 Å². The summed E-state index contributed by atoms with van der Waals surface area (Å²) in [5, 5.41) is 10.2. The molecule has 0 fully saturated rings. The third kappa shape index (κ3) is 3.99. The van der Waals surface area contributed by atoms with Crippen molar-refractivity contribution in [2.75, 3.05) is 21.3 Å². The Kier molecular flexibility index (Phi) is 6.56. The molecule has 0 aliphatic carbocycles. The van der Waals surface area contributed by atoms with E-state index in [2.05, 4.69) is 4.99 Å². The molecule has 0 bridgehead atoms. The summed E-state index contributed by atoms with van der Waals surface area (Å²) < 4.78 is 17.5. The predicted molar refractivity (Wildman–Crippen MR) is 128 cm³/mol. The van der Waals surface area contributed by atoms with Crippen molar-refractivity contribution in [3.05, 3.63) is 84.5 Å². The summed E-state index contributed by atoms with van der Waals surface area (Å²) in [4.78, 5) is 31.6. The first-order chi connectivity index (χ1) is 16.4. The molecule has 0 amide bonds. The Morgan fingerprint density at radius 3 is 2.35 bits per heavy atom. The van der Waals surface area contributed by atoms with Crippen LogP contribution < -0.4 is 24.4 Å². The number of phenolic OH excluding ortho intramolecular Hbond substituents is 1. The fourth-order valence-corrected chi connectivity index (χ4v) is 4.98. The first-order valence-electron chi connectivity index (χ1n) is 10.6. The first-order valence-corrected chi connectivity index (χ1v) is 11.4. The molecule has 9 heteroatoms.